The molecule has 1 amide bonds. The van der Waals surface area contributed by atoms with Crippen molar-refractivity contribution < 1.29 is 19.1 Å². The summed E-state index contributed by atoms with van der Waals surface area (Å²) < 4.78 is 11.7. The number of likely N-dealkylation sites (tertiary alicyclic amines) is 1. The van der Waals surface area contributed by atoms with Crippen LogP contribution in [0.2, 0.25) is 0 Å². The smallest absolute Gasteiger partial charge is 0.323 e. The summed E-state index contributed by atoms with van der Waals surface area (Å²) in [5, 5.41) is 3.14. The predicted molar refractivity (Wildman–Crippen MR) is 138 cm³/mol. The SMILES string of the molecule is CCC[C@@H](C(C)NC(C)=O)[C@H](Cc1ccccc1)N1CC(C2=NCCO2)CC1C(=O)OC(C)(C)C. The van der Waals surface area contributed by atoms with Gasteiger partial charge in [0, 0.05) is 31.5 Å². The van der Waals surface area contributed by atoms with Gasteiger partial charge in [0.15, 0.2) is 5.90 Å². The van der Waals surface area contributed by atoms with Gasteiger partial charge in [-0.15, -0.1) is 0 Å². The number of nitrogens with zero attached hydrogens (tertiary/aromatic N) is 2. The van der Waals surface area contributed by atoms with Crippen LogP contribution in [0.4, 0.5) is 0 Å². The lowest BCUT2D eigenvalue weighted by Gasteiger charge is -2.41. The van der Waals surface area contributed by atoms with Gasteiger partial charge in [0.25, 0.3) is 0 Å². The molecule has 0 bridgehead atoms. The quantitative estimate of drug-likeness (QED) is 0.507. The van der Waals surface area contributed by atoms with Gasteiger partial charge in [0.2, 0.25) is 5.91 Å². The Hall–Kier alpha value is -2.41. The van der Waals surface area contributed by atoms with Crippen LogP contribution in [-0.4, -0.2) is 66.1 Å². The fourth-order valence-corrected chi connectivity index (χ4v) is 5.51. The zero-order chi connectivity index (χ0) is 25.6. The summed E-state index contributed by atoms with van der Waals surface area (Å²) >= 11 is 0. The molecule has 0 saturated carbocycles. The molecule has 5 atom stereocenters. The largest absolute Gasteiger partial charge is 0.479 e. The van der Waals surface area contributed by atoms with Crippen molar-refractivity contribution in [2.45, 2.75) is 91.0 Å². The Morgan fingerprint density at radius 2 is 1.97 bits per heavy atom. The molecule has 1 saturated heterocycles. The summed E-state index contributed by atoms with van der Waals surface area (Å²) in [6.07, 6.45) is 3.35. The van der Waals surface area contributed by atoms with E-state index in [1.165, 1.54) is 5.56 Å². The van der Waals surface area contributed by atoms with E-state index in [0.29, 0.717) is 26.1 Å². The highest BCUT2D eigenvalue weighted by Gasteiger charge is 2.47. The van der Waals surface area contributed by atoms with Crippen LogP contribution in [0.5, 0.6) is 0 Å². The average Bonchev–Trinajstić information content (AvgIpc) is 3.45. The zero-order valence-corrected chi connectivity index (χ0v) is 22.3. The summed E-state index contributed by atoms with van der Waals surface area (Å²) in [6, 6.07) is 10.0. The molecule has 7 heteroatoms. The van der Waals surface area contributed by atoms with Crippen LogP contribution in [0.3, 0.4) is 0 Å². The normalized spacial score (nSPS) is 23.2. The van der Waals surface area contributed by atoms with Crippen molar-refractivity contribution in [3.63, 3.8) is 0 Å². The first-order valence-corrected chi connectivity index (χ1v) is 13.1. The van der Waals surface area contributed by atoms with E-state index < -0.39 is 5.60 Å². The van der Waals surface area contributed by atoms with E-state index in [0.717, 1.165) is 25.2 Å². The lowest BCUT2D eigenvalue weighted by atomic mass is 9.83. The minimum absolute atomic E-state index is 0.0282. The van der Waals surface area contributed by atoms with Crippen molar-refractivity contribution >= 4 is 17.8 Å². The summed E-state index contributed by atoms with van der Waals surface area (Å²) in [6.45, 7) is 13.5. The number of nitrogens with one attached hydrogen (secondary N) is 1. The van der Waals surface area contributed by atoms with Gasteiger partial charge < -0.3 is 14.8 Å². The van der Waals surface area contributed by atoms with Crippen molar-refractivity contribution in [2.24, 2.45) is 16.8 Å². The number of carbonyl (C=O) groups is 2. The van der Waals surface area contributed by atoms with E-state index in [-0.39, 0.29) is 41.8 Å². The van der Waals surface area contributed by atoms with Crippen molar-refractivity contribution in [2.75, 3.05) is 19.7 Å². The second kappa shape index (κ2) is 12.0. The molecule has 7 nitrogen and oxygen atoms in total. The van der Waals surface area contributed by atoms with Gasteiger partial charge >= 0.3 is 5.97 Å². The lowest BCUT2D eigenvalue weighted by Crippen LogP contribution is -2.54. The fourth-order valence-electron chi connectivity index (χ4n) is 5.51. The van der Waals surface area contributed by atoms with E-state index in [1.54, 1.807) is 6.92 Å². The Morgan fingerprint density at radius 1 is 1.26 bits per heavy atom. The van der Waals surface area contributed by atoms with Crippen molar-refractivity contribution in [1.82, 2.24) is 10.2 Å². The molecule has 194 valence electrons. The van der Waals surface area contributed by atoms with Crippen molar-refractivity contribution in [3.05, 3.63) is 35.9 Å². The molecular formula is C28H43N3O4. The van der Waals surface area contributed by atoms with E-state index in [9.17, 15) is 9.59 Å². The summed E-state index contributed by atoms with van der Waals surface area (Å²) in [5.41, 5.74) is 0.651. The molecule has 35 heavy (non-hydrogen) atoms. The van der Waals surface area contributed by atoms with E-state index in [1.807, 2.05) is 26.8 Å². The number of rotatable bonds is 10. The average molecular weight is 486 g/mol. The van der Waals surface area contributed by atoms with Gasteiger partial charge in [-0.2, -0.15) is 0 Å². The molecule has 1 N–H and O–H groups in total. The molecule has 2 aliphatic rings. The van der Waals surface area contributed by atoms with E-state index >= 15 is 0 Å². The molecule has 0 aromatic heterocycles. The van der Waals surface area contributed by atoms with Crippen LogP contribution >= 0.6 is 0 Å². The second-order valence-electron chi connectivity index (χ2n) is 10.9. The molecule has 3 rings (SSSR count). The van der Waals surface area contributed by atoms with Crippen LogP contribution < -0.4 is 5.32 Å². The maximum atomic E-state index is 13.5. The Kier molecular flexibility index (Phi) is 9.34. The molecule has 1 fully saturated rings. The third kappa shape index (κ3) is 7.53. The summed E-state index contributed by atoms with van der Waals surface area (Å²) in [5.74, 6) is 0.764. The van der Waals surface area contributed by atoms with Gasteiger partial charge in [0.1, 0.15) is 18.2 Å². The molecule has 0 aliphatic carbocycles. The minimum atomic E-state index is -0.566. The Balaban J connectivity index is 1.99. The maximum absolute atomic E-state index is 13.5. The Morgan fingerprint density at radius 3 is 2.54 bits per heavy atom. The Labute approximate surface area is 210 Å². The fraction of sp³-hybridized carbons (Fsp3) is 0.679. The summed E-state index contributed by atoms with van der Waals surface area (Å²) in [7, 11) is 0. The van der Waals surface area contributed by atoms with Crippen LogP contribution in [0.1, 0.15) is 66.4 Å². The number of benzene rings is 1. The number of esters is 1. The third-order valence-corrected chi connectivity index (χ3v) is 6.88. The van der Waals surface area contributed by atoms with Crippen LogP contribution in [0, 0.1) is 11.8 Å². The van der Waals surface area contributed by atoms with Gasteiger partial charge in [-0.1, -0.05) is 43.7 Å². The molecule has 0 radical (unpaired) electrons. The lowest BCUT2D eigenvalue weighted by molar-refractivity contribution is -0.161. The molecule has 1 aromatic carbocycles. The number of ether oxygens (including phenoxy) is 2. The molecule has 0 spiro atoms. The van der Waals surface area contributed by atoms with Crippen LogP contribution in [0.25, 0.3) is 0 Å². The molecule has 2 aliphatic heterocycles. The van der Waals surface area contributed by atoms with Crippen molar-refractivity contribution in [3.8, 4) is 0 Å². The highest BCUT2D eigenvalue weighted by molar-refractivity contribution is 5.83. The number of hydrogen-bond donors (Lipinski definition) is 1. The number of amides is 1. The highest BCUT2D eigenvalue weighted by Crippen LogP contribution is 2.35. The standard InChI is InChI=1S/C28H43N3O4/c1-7-11-23(19(2)30-20(3)32)24(16-21-12-9-8-10-13-21)31-18-22(26-29-14-15-34-26)17-25(31)27(33)35-28(4,5)6/h8-10,12-13,19,22-25H,7,11,14-18H2,1-6H3,(H,30,32)/t19?,22?,23-,24-,25?/m0/s1. The first-order chi connectivity index (χ1) is 16.6. The highest BCUT2D eigenvalue weighted by atomic mass is 16.6. The molecule has 1 aromatic rings. The maximum Gasteiger partial charge on any atom is 0.323 e. The summed E-state index contributed by atoms with van der Waals surface area (Å²) in [4.78, 5) is 32.4. The molecular weight excluding hydrogens is 442 g/mol. The number of aliphatic imine (C=N–C) groups is 1. The number of carbonyl (C=O) groups excluding carboxylic acids is 2. The predicted octanol–water partition coefficient (Wildman–Crippen LogP) is 4.00. The van der Waals surface area contributed by atoms with Gasteiger partial charge in [-0.3, -0.25) is 19.5 Å². The minimum Gasteiger partial charge on any atom is -0.479 e. The molecule has 2 heterocycles. The Bertz CT molecular complexity index is 880. The number of hydrogen-bond acceptors (Lipinski definition) is 6. The van der Waals surface area contributed by atoms with E-state index in [4.69, 9.17) is 9.47 Å². The van der Waals surface area contributed by atoms with Gasteiger partial charge in [-0.25, -0.2) is 0 Å². The van der Waals surface area contributed by atoms with Gasteiger partial charge in [-0.05, 0) is 58.4 Å². The van der Waals surface area contributed by atoms with Crippen LogP contribution in [-0.2, 0) is 25.5 Å². The van der Waals surface area contributed by atoms with Crippen LogP contribution in [0.15, 0.2) is 35.3 Å². The molecule has 3 unspecified atom stereocenters. The van der Waals surface area contributed by atoms with Crippen molar-refractivity contribution in [1.29, 1.82) is 0 Å². The second-order valence-corrected chi connectivity index (χ2v) is 10.9. The van der Waals surface area contributed by atoms with Gasteiger partial charge in [0.05, 0.1) is 6.54 Å². The third-order valence-electron chi connectivity index (χ3n) is 6.88. The first kappa shape index (κ1) is 27.2. The topological polar surface area (TPSA) is 80.2 Å². The van der Waals surface area contributed by atoms with E-state index in [2.05, 4.69) is 53.3 Å². The first-order valence-electron chi connectivity index (χ1n) is 13.1. The zero-order valence-electron chi connectivity index (χ0n) is 22.3. The monoisotopic (exact) mass is 485 g/mol.